The Morgan fingerprint density at radius 3 is 2.71 bits per heavy atom. The molecule has 1 atom stereocenters. The van der Waals surface area contributed by atoms with Crippen LogP contribution in [0.25, 0.3) is 0 Å². The summed E-state index contributed by atoms with van der Waals surface area (Å²) in [6, 6.07) is 3.93. The maximum Gasteiger partial charge on any atom is 0.325 e. The highest BCUT2D eigenvalue weighted by Crippen LogP contribution is 2.27. The minimum absolute atomic E-state index is 0.533. The minimum Gasteiger partial charge on any atom is -0.496 e. The second-order valence-electron chi connectivity index (χ2n) is 2.71. The van der Waals surface area contributed by atoms with E-state index in [1.54, 1.807) is 18.2 Å². The fourth-order valence-corrected chi connectivity index (χ4v) is 1.58. The molecule has 3 N–H and O–H groups in total. The predicted octanol–water partition coefficient (Wildman–Crippen LogP) is 1.54. The highest BCUT2D eigenvalue weighted by atomic mass is 79.9. The number of nitrogens with two attached hydrogens (primary N) is 1. The number of carboxylic acids is 1. The quantitative estimate of drug-likeness (QED) is 0.864. The lowest BCUT2D eigenvalue weighted by atomic mass is 10.1. The van der Waals surface area contributed by atoms with Crippen LogP contribution in [0.2, 0.25) is 0 Å². The molecule has 1 rings (SSSR count). The van der Waals surface area contributed by atoms with Gasteiger partial charge in [-0.3, -0.25) is 4.79 Å². The van der Waals surface area contributed by atoms with E-state index >= 15 is 0 Å². The van der Waals surface area contributed by atoms with Crippen LogP contribution in [0.5, 0.6) is 5.75 Å². The van der Waals surface area contributed by atoms with E-state index in [2.05, 4.69) is 15.9 Å². The van der Waals surface area contributed by atoms with E-state index < -0.39 is 12.0 Å². The van der Waals surface area contributed by atoms with Gasteiger partial charge in [-0.15, -0.1) is 0 Å². The van der Waals surface area contributed by atoms with Crippen LogP contribution in [0.1, 0.15) is 11.6 Å². The van der Waals surface area contributed by atoms with Crippen molar-refractivity contribution in [1.82, 2.24) is 0 Å². The highest BCUT2D eigenvalue weighted by molar-refractivity contribution is 9.10. The molecule has 4 nitrogen and oxygen atoms in total. The molecule has 76 valence electrons. The first-order valence-electron chi connectivity index (χ1n) is 3.88. The van der Waals surface area contributed by atoms with Crippen LogP contribution in [-0.2, 0) is 4.79 Å². The molecule has 1 aromatic rings. The molecule has 1 aromatic carbocycles. The summed E-state index contributed by atoms with van der Waals surface area (Å²) in [7, 11) is 1.54. The molecule has 0 heterocycles. The van der Waals surface area contributed by atoms with Gasteiger partial charge in [0.25, 0.3) is 0 Å². The van der Waals surface area contributed by atoms with E-state index in [1.165, 1.54) is 7.11 Å². The Balaban J connectivity index is 3.02. The Bertz CT molecular complexity index is 354. The van der Waals surface area contributed by atoms with Gasteiger partial charge in [-0.05, 0) is 33.6 Å². The molecule has 0 saturated carbocycles. The lowest BCUT2D eigenvalue weighted by Crippen LogP contribution is -2.20. The Morgan fingerprint density at radius 1 is 1.64 bits per heavy atom. The number of hydrogen-bond acceptors (Lipinski definition) is 3. The van der Waals surface area contributed by atoms with Gasteiger partial charge in [0, 0.05) is 0 Å². The van der Waals surface area contributed by atoms with Gasteiger partial charge >= 0.3 is 5.97 Å². The molecule has 0 aliphatic carbocycles. The van der Waals surface area contributed by atoms with Crippen molar-refractivity contribution in [3.05, 3.63) is 28.2 Å². The Labute approximate surface area is 89.8 Å². The van der Waals surface area contributed by atoms with Gasteiger partial charge in [-0.2, -0.15) is 0 Å². The van der Waals surface area contributed by atoms with Gasteiger partial charge < -0.3 is 15.6 Å². The van der Waals surface area contributed by atoms with E-state index in [4.69, 9.17) is 15.6 Å². The molecule has 0 radical (unpaired) electrons. The minimum atomic E-state index is -1.05. The van der Waals surface area contributed by atoms with Crippen molar-refractivity contribution in [2.75, 3.05) is 7.11 Å². The largest absolute Gasteiger partial charge is 0.496 e. The zero-order chi connectivity index (χ0) is 10.7. The van der Waals surface area contributed by atoms with E-state index in [0.717, 1.165) is 0 Å². The lowest BCUT2D eigenvalue weighted by Gasteiger charge is -2.09. The molecule has 0 bridgehead atoms. The monoisotopic (exact) mass is 259 g/mol. The van der Waals surface area contributed by atoms with E-state index in [9.17, 15) is 4.79 Å². The average Bonchev–Trinajstić information content (AvgIpc) is 2.16. The van der Waals surface area contributed by atoms with Gasteiger partial charge in [0.05, 0.1) is 11.6 Å². The van der Waals surface area contributed by atoms with Crippen molar-refractivity contribution in [1.29, 1.82) is 0 Å². The number of carbonyl (C=O) groups is 1. The predicted molar refractivity (Wildman–Crippen MR) is 55.3 cm³/mol. The number of benzene rings is 1. The zero-order valence-corrected chi connectivity index (χ0v) is 9.11. The van der Waals surface area contributed by atoms with E-state index in [1.807, 2.05) is 0 Å². The fraction of sp³-hybridized carbons (Fsp3) is 0.222. The maximum atomic E-state index is 10.6. The van der Waals surface area contributed by atoms with Crippen molar-refractivity contribution in [2.24, 2.45) is 5.73 Å². The average molecular weight is 260 g/mol. The first kappa shape index (κ1) is 11.0. The number of rotatable bonds is 3. The van der Waals surface area contributed by atoms with Crippen LogP contribution in [0.3, 0.4) is 0 Å². The molecule has 14 heavy (non-hydrogen) atoms. The smallest absolute Gasteiger partial charge is 0.325 e. The van der Waals surface area contributed by atoms with Crippen molar-refractivity contribution >= 4 is 21.9 Å². The summed E-state index contributed by atoms with van der Waals surface area (Å²) in [4.78, 5) is 10.6. The number of carboxylic acid groups (broad SMARTS) is 1. The lowest BCUT2D eigenvalue weighted by molar-refractivity contribution is -0.138. The molecule has 0 spiro atoms. The number of aliphatic carboxylic acids is 1. The van der Waals surface area contributed by atoms with Crippen LogP contribution < -0.4 is 10.5 Å². The van der Waals surface area contributed by atoms with Gasteiger partial charge in [-0.1, -0.05) is 6.07 Å². The second kappa shape index (κ2) is 4.43. The summed E-state index contributed by atoms with van der Waals surface area (Å²) in [5, 5.41) is 8.68. The van der Waals surface area contributed by atoms with Gasteiger partial charge in [0.1, 0.15) is 11.8 Å². The molecular weight excluding hydrogens is 250 g/mol. The molecule has 0 aliphatic heterocycles. The maximum absolute atomic E-state index is 10.6. The second-order valence-corrected chi connectivity index (χ2v) is 3.56. The Morgan fingerprint density at radius 2 is 2.29 bits per heavy atom. The van der Waals surface area contributed by atoms with Crippen molar-refractivity contribution in [2.45, 2.75) is 6.04 Å². The fourth-order valence-electron chi connectivity index (χ4n) is 1.02. The molecule has 0 unspecified atom stereocenters. The third-order valence-electron chi connectivity index (χ3n) is 1.80. The molecule has 5 heteroatoms. The molecule has 0 saturated heterocycles. The number of ether oxygens (including phenoxy) is 1. The first-order valence-corrected chi connectivity index (χ1v) is 4.67. The van der Waals surface area contributed by atoms with E-state index in [-0.39, 0.29) is 0 Å². The molecule has 0 aromatic heterocycles. The number of halogens is 1. The Hall–Kier alpha value is -1.07. The summed E-state index contributed by atoms with van der Waals surface area (Å²) in [6.07, 6.45) is 0. The molecular formula is C9H10BrNO3. The first-order chi connectivity index (χ1) is 6.56. The zero-order valence-electron chi connectivity index (χ0n) is 7.53. The normalized spacial score (nSPS) is 12.2. The standard InChI is InChI=1S/C9H10BrNO3/c1-14-7-3-2-5(4-6(7)10)8(11)9(12)13/h2-4,8H,11H2,1H3,(H,12,13)/t8-/m0/s1. The highest BCUT2D eigenvalue weighted by Gasteiger charge is 2.15. The van der Waals surface area contributed by atoms with Crippen molar-refractivity contribution < 1.29 is 14.6 Å². The van der Waals surface area contributed by atoms with Gasteiger partial charge in [-0.25, -0.2) is 0 Å². The molecule has 0 amide bonds. The topological polar surface area (TPSA) is 72.5 Å². The molecule has 0 aliphatic rings. The van der Waals surface area contributed by atoms with Crippen LogP contribution >= 0.6 is 15.9 Å². The van der Waals surface area contributed by atoms with Crippen molar-refractivity contribution in [3.8, 4) is 5.75 Å². The third-order valence-corrected chi connectivity index (χ3v) is 2.42. The summed E-state index contributed by atoms with van der Waals surface area (Å²) >= 11 is 3.25. The molecule has 0 fully saturated rings. The third kappa shape index (κ3) is 2.24. The van der Waals surface area contributed by atoms with Gasteiger partial charge in [0.15, 0.2) is 0 Å². The summed E-state index contributed by atoms with van der Waals surface area (Å²) < 4.78 is 5.69. The SMILES string of the molecule is COc1ccc([C@H](N)C(=O)O)cc1Br. The Kier molecular flexibility index (Phi) is 3.49. The van der Waals surface area contributed by atoms with Gasteiger partial charge in [0.2, 0.25) is 0 Å². The van der Waals surface area contributed by atoms with Crippen LogP contribution in [0.4, 0.5) is 0 Å². The van der Waals surface area contributed by atoms with Crippen LogP contribution in [-0.4, -0.2) is 18.2 Å². The summed E-state index contributed by atoms with van der Waals surface area (Å²) in [5.41, 5.74) is 5.97. The summed E-state index contributed by atoms with van der Waals surface area (Å²) in [5.74, 6) is -0.409. The summed E-state index contributed by atoms with van der Waals surface area (Å²) in [6.45, 7) is 0. The van der Waals surface area contributed by atoms with Crippen LogP contribution in [0, 0.1) is 0 Å². The number of hydrogen-bond donors (Lipinski definition) is 2. The number of methoxy groups -OCH3 is 1. The van der Waals surface area contributed by atoms with Crippen molar-refractivity contribution in [3.63, 3.8) is 0 Å². The van der Waals surface area contributed by atoms with E-state index in [0.29, 0.717) is 15.8 Å². The van der Waals surface area contributed by atoms with Crippen LogP contribution in [0.15, 0.2) is 22.7 Å².